The van der Waals surface area contributed by atoms with Gasteiger partial charge in [-0.15, -0.1) is 0 Å². The Kier molecular flexibility index (Phi) is 6.12. The van der Waals surface area contributed by atoms with E-state index in [2.05, 4.69) is 122 Å². The number of nitrogens with zero attached hydrogens (tertiary/aromatic N) is 1. The minimum atomic E-state index is 0.118. The van der Waals surface area contributed by atoms with Crippen LogP contribution in [0, 0.1) is 27.7 Å². The molecular formula is C26H24BClIN. The van der Waals surface area contributed by atoms with Gasteiger partial charge in [0.05, 0.1) is 0 Å². The summed E-state index contributed by atoms with van der Waals surface area (Å²) in [5.74, 6) is 0. The second-order valence-corrected chi connectivity index (χ2v) is 9.64. The zero-order valence-corrected chi connectivity index (χ0v) is 20.6. The van der Waals surface area contributed by atoms with Gasteiger partial charge in [0.15, 0.2) is 0 Å². The number of hydrogen-bond donors (Lipinski definition) is 0. The van der Waals surface area contributed by atoms with E-state index in [9.17, 15) is 0 Å². The van der Waals surface area contributed by atoms with Gasteiger partial charge < -0.3 is 4.81 Å². The van der Waals surface area contributed by atoms with Gasteiger partial charge in [-0.2, -0.15) is 0 Å². The fourth-order valence-electron chi connectivity index (χ4n) is 4.39. The molecule has 0 spiro atoms. The molecule has 1 aliphatic rings. The molecular weight excluding hydrogens is 499 g/mol. The fourth-order valence-corrected chi connectivity index (χ4v) is 5.28. The molecule has 1 aliphatic heterocycles. The Bertz CT molecular complexity index is 1140. The van der Waals surface area contributed by atoms with Crippen molar-refractivity contribution >= 4 is 57.9 Å². The van der Waals surface area contributed by atoms with E-state index in [1.807, 2.05) is 6.07 Å². The van der Waals surface area contributed by atoms with Gasteiger partial charge in [-0.05, 0) is 72.0 Å². The standard InChI is InChI=1S/C26H24BClIN/c1-17-14-19(3)26(20(4)15-17)27-25(29)13-12-24(21-8-6-5-7-9-21)30(27)22-10-11-23(28)18(2)16-22/h5-16H,1-4H3. The Hall–Kier alpha value is -1.98. The van der Waals surface area contributed by atoms with Crippen molar-refractivity contribution in [2.75, 3.05) is 4.81 Å². The predicted molar refractivity (Wildman–Crippen MR) is 141 cm³/mol. The van der Waals surface area contributed by atoms with Crippen LogP contribution in [0.5, 0.6) is 0 Å². The van der Waals surface area contributed by atoms with Crippen molar-refractivity contribution in [3.63, 3.8) is 0 Å². The van der Waals surface area contributed by atoms with E-state index < -0.39 is 0 Å². The summed E-state index contributed by atoms with van der Waals surface area (Å²) in [6, 6.07) is 21.5. The maximum Gasteiger partial charge on any atom is 0.335 e. The molecule has 0 N–H and O–H groups in total. The Labute approximate surface area is 198 Å². The van der Waals surface area contributed by atoms with Crippen molar-refractivity contribution in [1.82, 2.24) is 0 Å². The summed E-state index contributed by atoms with van der Waals surface area (Å²) >= 11 is 8.88. The van der Waals surface area contributed by atoms with Crippen LogP contribution in [0.3, 0.4) is 0 Å². The molecule has 0 saturated heterocycles. The van der Waals surface area contributed by atoms with E-state index in [1.54, 1.807) is 0 Å². The first kappa shape index (κ1) is 21.3. The summed E-state index contributed by atoms with van der Waals surface area (Å²) in [6.45, 7) is 8.81. The zero-order valence-electron chi connectivity index (χ0n) is 17.7. The number of rotatable bonds is 3. The highest BCUT2D eigenvalue weighted by Gasteiger charge is 2.36. The average molecular weight is 524 g/mol. The van der Waals surface area contributed by atoms with Gasteiger partial charge in [0.2, 0.25) is 0 Å². The van der Waals surface area contributed by atoms with E-state index in [-0.39, 0.29) is 6.85 Å². The first-order chi connectivity index (χ1) is 14.4. The monoisotopic (exact) mass is 523 g/mol. The second kappa shape index (κ2) is 8.64. The van der Waals surface area contributed by atoms with Crippen LogP contribution in [0.4, 0.5) is 5.69 Å². The maximum absolute atomic E-state index is 6.38. The van der Waals surface area contributed by atoms with Crippen LogP contribution in [-0.4, -0.2) is 6.85 Å². The van der Waals surface area contributed by atoms with Crippen molar-refractivity contribution in [3.05, 3.63) is 109 Å². The van der Waals surface area contributed by atoms with Crippen molar-refractivity contribution in [1.29, 1.82) is 0 Å². The molecule has 0 bridgehead atoms. The molecule has 0 saturated carbocycles. The fraction of sp³-hybridized carbons (Fsp3) is 0.154. The van der Waals surface area contributed by atoms with Crippen LogP contribution < -0.4 is 10.3 Å². The molecule has 1 heterocycles. The van der Waals surface area contributed by atoms with Crippen LogP contribution in [0.25, 0.3) is 5.70 Å². The van der Waals surface area contributed by atoms with Crippen LogP contribution >= 0.6 is 34.2 Å². The van der Waals surface area contributed by atoms with Gasteiger partial charge in [-0.3, -0.25) is 0 Å². The molecule has 0 unspecified atom stereocenters. The maximum atomic E-state index is 6.38. The Morgan fingerprint density at radius 2 is 1.47 bits per heavy atom. The van der Waals surface area contributed by atoms with Gasteiger partial charge in [0, 0.05) is 16.4 Å². The molecule has 0 fully saturated rings. The summed E-state index contributed by atoms with van der Waals surface area (Å²) in [5.41, 5.74) is 9.96. The number of anilines is 1. The van der Waals surface area contributed by atoms with Crippen LogP contribution in [0.1, 0.15) is 27.8 Å². The SMILES string of the molecule is Cc1cc(C)c(B2C(I)=CC=C(c3ccccc3)N2c2ccc(Cl)c(C)c2)c(C)c1. The number of benzene rings is 3. The Morgan fingerprint density at radius 3 is 2.10 bits per heavy atom. The quantitative estimate of drug-likeness (QED) is 0.259. The van der Waals surface area contributed by atoms with Crippen LogP contribution in [0.2, 0.25) is 5.02 Å². The predicted octanol–water partition coefficient (Wildman–Crippen LogP) is 7.19. The molecule has 3 aromatic rings. The molecule has 150 valence electrons. The number of halogens is 2. The molecule has 1 nitrogen and oxygen atoms in total. The number of aryl methyl sites for hydroxylation is 4. The van der Waals surface area contributed by atoms with E-state index in [0.29, 0.717) is 0 Å². The molecule has 0 aliphatic carbocycles. The third-order valence-electron chi connectivity index (χ3n) is 5.68. The van der Waals surface area contributed by atoms with Crippen molar-refractivity contribution in [2.45, 2.75) is 27.7 Å². The lowest BCUT2D eigenvalue weighted by atomic mass is 9.50. The second-order valence-electron chi connectivity index (χ2n) is 7.99. The lowest BCUT2D eigenvalue weighted by Crippen LogP contribution is -2.51. The smallest absolute Gasteiger partial charge is 0.335 e. The molecule has 0 aromatic heterocycles. The summed E-state index contributed by atoms with van der Waals surface area (Å²) in [6.07, 6.45) is 4.49. The molecule has 0 atom stereocenters. The molecule has 4 heteroatoms. The van der Waals surface area contributed by atoms with E-state index in [1.165, 1.54) is 36.9 Å². The zero-order chi connectivity index (χ0) is 21.4. The number of hydrogen-bond acceptors (Lipinski definition) is 1. The first-order valence-electron chi connectivity index (χ1n) is 10.1. The topological polar surface area (TPSA) is 3.24 Å². The van der Waals surface area contributed by atoms with Gasteiger partial charge in [0.1, 0.15) is 0 Å². The van der Waals surface area contributed by atoms with Crippen molar-refractivity contribution in [2.24, 2.45) is 0 Å². The highest BCUT2D eigenvalue weighted by atomic mass is 127. The normalized spacial score (nSPS) is 13.9. The summed E-state index contributed by atoms with van der Waals surface area (Å²) in [7, 11) is 0. The molecule has 0 radical (unpaired) electrons. The van der Waals surface area contributed by atoms with E-state index in [4.69, 9.17) is 11.6 Å². The highest BCUT2D eigenvalue weighted by molar-refractivity contribution is 14.1. The summed E-state index contributed by atoms with van der Waals surface area (Å²) in [4.78, 5) is 2.46. The average Bonchev–Trinajstić information content (AvgIpc) is 2.71. The van der Waals surface area contributed by atoms with Gasteiger partial charge in [0.25, 0.3) is 0 Å². The summed E-state index contributed by atoms with van der Waals surface area (Å²) < 4.78 is 1.30. The lowest BCUT2D eigenvalue weighted by molar-refractivity contribution is 1.32. The Balaban J connectivity index is 1.97. The molecule has 4 rings (SSSR count). The molecule has 3 aromatic carbocycles. The minimum absolute atomic E-state index is 0.118. The lowest BCUT2D eigenvalue weighted by Gasteiger charge is -2.38. The van der Waals surface area contributed by atoms with Crippen molar-refractivity contribution in [3.8, 4) is 0 Å². The van der Waals surface area contributed by atoms with Crippen molar-refractivity contribution < 1.29 is 0 Å². The third-order valence-corrected chi connectivity index (χ3v) is 7.05. The summed E-state index contributed by atoms with van der Waals surface area (Å²) in [5, 5.41) is 0.797. The third kappa shape index (κ3) is 3.98. The van der Waals surface area contributed by atoms with Crippen LogP contribution in [-0.2, 0) is 0 Å². The van der Waals surface area contributed by atoms with Crippen LogP contribution in [0.15, 0.2) is 76.3 Å². The molecule has 0 amide bonds. The number of allylic oxidation sites excluding steroid dienone is 2. The van der Waals surface area contributed by atoms with E-state index >= 15 is 0 Å². The van der Waals surface area contributed by atoms with Gasteiger partial charge in [-0.25, -0.2) is 0 Å². The van der Waals surface area contributed by atoms with Gasteiger partial charge >= 0.3 is 6.85 Å². The largest absolute Gasteiger partial charge is 0.376 e. The first-order valence-corrected chi connectivity index (χ1v) is 11.6. The van der Waals surface area contributed by atoms with E-state index in [0.717, 1.165) is 16.3 Å². The van der Waals surface area contributed by atoms with Gasteiger partial charge in [-0.1, -0.05) is 99.4 Å². The highest BCUT2D eigenvalue weighted by Crippen LogP contribution is 2.36. The Morgan fingerprint density at radius 1 is 0.800 bits per heavy atom. The minimum Gasteiger partial charge on any atom is -0.376 e. The molecule has 30 heavy (non-hydrogen) atoms.